The normalized spacial score (nSPS) is 11.8. The predicted octanol–water partition coefficient (Wildman–Crippen LogP) is 7.37. The zero-order chi connectivity index (χ0) is 37.5. The van der Waals surface area contributed by atoms with E-state index in [0.29, 0.717) is 23.9 Å². The molecule has 0 bridgehead atoms. The highest BCUT2D eigenvalue weighted by atomic mass is 16.5. The molecular formula is C40H55N5O7. The molecule has 52 heavy (non-hydrogen) atoms. The number of unbranched alkanes of at least 4 members (excludes halogenated alkanes) is 13. The SMILES string of the molecule is CCCCCCCCCCCCCCCCOc1ccc(C(=O)C(C(=O)Nc2cc(OC)ccc2OC)n2ncc3c2c(=O)n(C)c(=O)n3C)cc1. The Bertz CT molecular complexity index is 1880. The average Bonchev–Trinajstić information content (AvgIpc) is 3.59. The molecule has 1 amide bonds. The second-order valence-electron chi connectivity index (χ2n) is 13.3. The fraction of sp³-hybridized carbons (Fsp3) is 0.525. The van der Waals surface area contributed by atoms with Crippen LogP contribution in [0.1, 0.15) is 113 Å². The molecule has 1 N–H and O–H groups in total. The molecule has 12 heteroatoms. The van der Waals surface area contributed by atoms with Gasteiger partial charge in [0.2, 0.25) is 0 Å². The maximum Gasteiger partial charge on any atom is 0.331 e. The quantitative estimate of drug-likeness (QED) is 0.0477. The van der Waals surface area contributed by atoms with Crippen LogP contribution in [0, 0.1) is 0 Å². The minimum absolute atomic E-state index is 0.0659. The number of aryl methyl sites for hydroxylation is 1. The van der Waals surface area contributed by atoms with Crippen molar-refractivity contribution in [2.24, 2.45) is 14.1 Å². The van der Waals surface area contributed by atoms with Gasteiger partial charge in [-0.1, -0.05) is 90.4 Å². The van der Waals surface area contributed by atoms with Gasteiger partial charge in [-0.2, -0.15) is 5.10 Å². The Morgan fingerprint density at radius 2 is 1.33 bits per heavy atom. The summed E-state index contributed by atoms with van der Waals surface area (Å²) in [6, 6.07) is 9.82. The number of aromatic nitrogens is 4. The summed E-state index contributed by atoms with van der Waals surface area (Å²) in [5.74, 6) is 0.0255. The molecule has 0 spiro atoms. The van der Waals surface area contributed by atoms with Crippen molar-refractivity contribution >= 4 is 28.4 Å². The molecular weight excluding hydrogens is 662 g/mol. The smallest absolute Gasteiger partial charge is 0.331 e. The number of Topliss-reactive ketones (excluding diaryl/α,β-unsaturated/α-hetero) is 1. The summed E-state index contributed by atoms with van der Waals surface area (Å²) in [5, 5.41) is 7.04. The molecule has 0 aliphatic rings. The summed E-state index contributed by atoms with van der Waals surface area (Å²) < 4.78 is 19.9. The topological polar surface area (TPSA) is 136 Å². The third kappa shape index (κ3) is 10.4. The van der Waals surface area contributed by atoms with Gasteiger partial charge in [0, 0.05) is 25.7 Å². The van der Waals surface area contributed by atoms with E-state index in [4.69, 9.17) is 14.2 Å². The lowest BCUT2D eigenvalue weighted by atomic mass is 10.0. The van der Waals surface area contributed by atoms with Gasteiger partial charge in [0.25, 0.3) is 11.5 Å². The van der Waals surface area contributed by atoms with E-state index in [9.17, 15) is 19.2 Å². The van der Waals surface area contributed by atoms with E-state index in [1.165, 1.54) is 116 Å². The molecule has 0 aliphatic heterocycles. The number of nitrogens with one attached hydrogen (secondary N) is 1. The van der Waals surface area contributed by atoms with E-state index in [-0.39, 0.29) is 22.3 Å². The van der Waals surface area contributed by atoms with Crippen LogP contribution in [0.25, 0.3) is 11.0 Å². The van der Waals surface area contributed by atoms with Crippen LogP contribution >= 0.6 is 0 Å². The van der Waals surface area contributed by atoms with Crippen LogP contribution in [-0.2, 0) is 18.9 Å². The first-order valence-corrected chi connectivity index (χ1v) is 18.6. The van der Waals surface area contributed by atoms with Crippen LogP contribution < -0.4 is 30.8 Å². The first-order chi connectivity index (χ1) is 25.2. The van der Waals surface area contributed by atoms with Gasteiger partial charge in [0.15, 0.2) is 17.3 Å². The van der Waals surface area contributed by atoms with Gasteiger partial charge >= 0.3 is 5.69 Å². The fourth-order valence-corrected chi connectivity index (χ4v) is 6.39. The highest BCUT2D eigenvalue weighted by molar-refractivity contribution is 6.16. The zero-order valence-electron chi connectivity index (χ0n) is 31.4. The molecule has 1 atom stereocenters. The van der Waals surface area contributed by atoms with Gasteiger partial charge in [-0.3, -0.25) is 23.5 Å². The lowest BCUT2D eigenvalue weighted by Gasteiger charge is -2.19. The lowest BCUT2D eigenvalue weighted by Crippen LogP contribution is -2.39. The lowest BCUT2D eigenvalue weighted by molar-refractivity contribution is -0.118. The molecule has 1 unspecified atom stereocenters. The van der Waals surface area contributed by atoms with E-state index >= 15 is 0 Å². The molecule has 0 saturated heterocycles. The van der Waals surface area contributed by atoms with Crippen LogP contribution in [0.2, 0.25) is 0 Å². The Morgan fingerprint density at radius 1 is 0.750 bits per heavy atom. The van der Waals surface area contributed by atoms with Crippen LogP contribution in [0.15, 0.2) is 58.3 Å². The van der Waals surface area contributed by atoms with Gasteiger partial charge < -0.3 is 19.5 Å². The summed E-state index contributed by atoms with van der Waals surface area (Å²) in [4.78, 5) is 54.1. The van der Waals surface area contributed by atoms with Gasteiger partial charge in [-0.05, 0) is 42.8 Å². The van der Waals surface area contributed by atoms with Crippen molar-refractivity contribution in [3.8, 4) is 17.2 Å². The van der Waals surface area contributed by atoms with E-state index in [2.05, 4.69) is 17.3 Å². The second-order valence-corrected chi connectivity index (χ2v) is 13.3. The number of benzene rings is 2. The first-order valence-electron chi connectivity index (χ1n) is 18.6. The number of carbonyl (C=O) groups excluding carboxylic acids is 2. The number of fused-ring (bicyclic) bond motifs is 1. The summed E-state index contributed by atoms with van der Waals surface area (Å²) in [7, 11) is 5.76. The van der Waals surface area contributed by atoms with Gasteiger partial charge in [0.1, 0.15) is 17.2 Å². The van der Waals surface area contributed by atoms with Gasteiger partial charge in [0.05, 0.1) is 38.2 Å². The molecule has 0 fully saturated rings. The maximum atomic E-state index is 14.2. The number of ether oxygens (including phenoxy) is 3. The number of hydrogen-bond donors (Lipinski definition) is 1. The van der Waals surface area contributed by atoms with Crippen molar-refractivity contribution in [3.05, 3.63) is 75.1 Å². The Hall–Kier alpha value is -4.87. The number of amides is 1. The van der Waals surface area contributed by atoms with Gasteiger partial charge in [-0.25, -0.2) is 9.48 Å². The highest BCUT2D eigenvalue weighted by Crippen LogP contribution is 2.31. The van der Waals surface area contributed by atoms with Crippen molar-refractivity contribution in [2.75, 3.05) is 26.1 Å². The van der Waals surface area contributed by atoms with Crippen molar-refractivity contribution in [3.63, 3.8) is 0 Å². The number of methoxy groups -OCH3 is 2. The first kappa shape index (κ1) is 39.9. The second kappa shape index (κ2) is 20.2. The van der Waals surface area contributed by atoms with Crippen LogP contribution in [0.3, 0.4) is 0 Å². The number of rotatable bonds is 23. The van der Waals surface area contributed by atoms with Crippen LogP contribution in [0.4, 0.5) is 5.69 Å². The fourth-order valence-electron chi connectivity index (χ4n) is 6.39. The average molecular weight is 718 g/mol. The van der Waals surface area contributed by atoms with Crippen molar-refractivity contribution < 1.29 is 23.8 Å². The maximum absolute atomic E-state index is 14.2. The van der Waals surface area contributed by atoms with Gasteiger partial charge in [-0.15, -0.1) is 0 Å². The monoisotopic (exact) mass is 717 g/mol. The van der Waals surface area contributed by atoms with Crippen molar-refractivity contribution in [2.45, 2.75) is 103 Å². The summed E-state index contributed by atoms with van der Waals surface area (Å²) in [5.41, 5.74) is -0.656. The van der Waals surface area contributed by atoms with E-state index in [1.807, 2.05) is 0 Å². The molecule has 4 rings (SSSR count). The number of carbonyl (C=O) groups is 2. The molecule has 2 aromatic heterocycles. The van der Waals surface area contributed by atoms with E-state index in [1.54, 1.807) is 42.5 Å². The zero-order valence-corrected chi connectivity index (χ0v) is 31.4. The predicted molar refractivity (Wildman–Crippen MR) is 204 cm³/mol. The summed E-state index contributed by atoms with van der Waals surface area (Å²) in [6.45, 7) is 2.83. The third-order valence-corrected chi connectivity index (χ3v) is 9.53. The van der Waals surface area contributed by atoms with Crippen LogP contribution in [-0.4, -0.2) is 51.4 Å². The molecule has 2 aromatic carbocycles. The number of ketones is 1. The molecule has 2 heterocycles. The molecule has 0 radical (unpaired) electrons. The minimum Gasteiger partial charge on any atom is -0.497 e. The summed E-state index contributed by atoms with van der Waals surface area (Å²) >= 11 is 0. The standard InChI is InChI=1S/C40H55N5O7/c1-6-7-8-9-10-11-12-13-14-15-16-17-18-19-26-52-30-22-20-29(21-23-30)37(46)36(38(47)42-32-27-31(50-4)24-25-34(32)51-5)45-35-33(28-41-45)43(2)40(49)44(3)39(35)48/h20-25,27-28,36H,6-19,26H2,1-5H3,(H,42,47). The van der Waals surface area contributed by atoms with E-state index < -0.39 is 29.0 Å². The Kier molecular flexibility index (Phi) is 15.5. The molecule has 282 valence electrons. The van der Waals surface area contributed by atoms with Crippen LogP contribution in [0.5, 0.6) is 17.2 Å². The molecule has 0 aliphatic carbocycles. The molecule has 12 nitrogen and oxygen atoms in total. The van der Waals surface area contributed by atoms with Crippen molar-refractivity contribution in [1.82, 2.24) is 18.9 Å². The Labute approximate surface area is 306 Å². The van der Waals surface area contributed by atoms with Crippen molar-refractivity contribution in [1.29, 1.82) is 0 Å². The Balaban J connectivity index is 1.38. The number of nitrogens with zero attached hydrogens (tertiary/aromatic N) is 4. The highest BCUT2D eigenvalue weighted by Gasteiger charge is 2.34. The summed E-state index contributed by atoms with van der Waals surface area (Å²) in [6.07, 6.45) is 19.3. The van der Waals surface area contributed by atoms with E-state index in [0.717, 1.165) is 22.1 Å². The molecule has 4 aromatic rings. The third-order valence-electron chi connectivity index (χ3n) is 9.53. The minimum atomic E-state index is -1.61. The number of hydrogen-bond acceptors (Lipinski definition) is 8. The Morgan fingerprint density at radius 3 is 1.90 bits per heavy atom. The molecule has 0 saturated carbocycles. The largest absolute Gasteiger partial charge is 0.497 e. The number of anilines is 1.